The summed E-state index contributed by atoms with van der Waals surface area (Å²) in [7, 11) is 0. The van der Waals surface area contributed by atoms with Crippen LogP contribution >= 0.6 is 0 Å². The van der Waals surface area contributed by atoms with Gasteiger partial charge in [-0.1, -0.05) is 0 Å². The number of hydrogen-bond donors (Lipinski definition) is 0. The topological polar surface area (TPSA) is 0 Å². The zero-order chi connectivity index (χ0) is 0. The molecule has 0 N–H and O–H groups in total. The summed E-state index contributed by atoms with van der Waals surface area (Å²) in [4.78, 5) is 0. The van der Waals surface area contributed by atoms with Gasteiger partial charge in [0.2, 0.25) is 0 Å². The fourth-order valence-corrected chi connectivity index (χ4v) is 0. The smallest absolute Gasteiger partial charge is 0 e. The van der Waals surface area contributed by atoms with Crippen molar-refractivity contribution in [3.8, 4) is 0 Å². The van der Waals surface area contributed by atoms with Crippen molar-refractivity contribution in [3.63, 3.8) is 0 Å². The zero-order valence-electron chi connectivity index (χ0n) is 1.22. The quantitative estimate of drug-likeness (QED) is 0.325. The van der Waals surface area contributed by atoms with Gasteiger partial charge in [0.1, 0.15) is 0 Å². The van der Waals surface area contributed by atoms with E-state index in [1.807, 2.05) is 0 Å². The SMILES string of the molecule is [Au].[Au].[Au].[Ni]. The second-order valence-corrected chi connectivity index (χ2v) is 0. The van der Waals surface area contributed by atoms with Gasteiger partial charge in [0.25, 0.3) is 0 Å². The van der Waals surface area contributed by atoms with Gasteiger partial charge in [-0.3, -0.25) is 0 Å². The van der Waals surface area contributed by atoms with E-state index in [0.29, 0.717) is 0 Å². The summed E-state index contributed by atoms with van der Waals surface area (Å²) in [6.45, 7) is 0. The van der Waals surface area contributed by atoms with Gasteiger partial charge < -0.3 is 0 Å². The van der Waals surface area contributed by atoms with Crippen LogP contribution < -0.4 is 0 Å². The summed E-state index contributed by atoms with van der Waals surface area (Å²) >= 11 is 0. The van der Waals surface area contributed by atoms with Crippen LogP contribution in [0.25, 0.3) is 0 Å². The molecule has 0 aliphatic rings. The molecule has 0 aliphatic carbocycles. The summed E-state index contributed by atoms with van der Waals surface area (Å²) in [5, 5.41) is 0. The van der Waals surface area contributed by atoms with Crippen LogP contribution in [0.3, 0.4) is 0 Å². The minimum atomic E-state index is 0. The van der Waals surface area contributed by atoms with Crippen LogP contribution in [0.1, 0.15) is 0 Å². The Morgan fingerprint density at radius 3 is 0.500 bits per heavy atom. The van der Waals surface area contributed by atoms with Crippen molar-refractivity contribution in [3.05, 3.63) is 0 Å². The van der Waals surface area contributed by atoms with E-state index in [1.165, 1.54) is 0 Å². The van der Waals surface area contributed by atoms with Crippen LogP contribution in [-0.4, -0.2) is 0 Å². The summed E-state index contributed by atoms with van der Waals surface area (Å²) < 4.78 is 0. The van der Waals surface area contributed by atoms with Crippen molar-refractivity contribution in [1.82, 2.24) is 0 Å². The fraction of sp³-hybridized carbons (Fsp3) is 0. The second kappa shape index (κ2) is 17.2. The van der Waals surface area contributed by atoms with E-state index in [9.17, 15) is 0 Å². The largest absolute Gasteiger partial charge is 0 e. The van der Waals surface area contributed by atoms with Gasteiger partial charge in [-0.2, -0.15) is 0 Å². The van der Waals surface area contributed by atoms with Crippen molar-refractivity contribution in [2.24, 2.45) is 0 Å². The molecule has 0 fully saturated rings. The molecule has 0 aromatic heterocycles. The van der Waals surface area contributed by atoms with Gasteiger partial charge in [-0.05, 0) is 0 Å². The van der Waals surface area contributed by atoms with E-state index >= 15 is 0 Å². The van der Waals surface area contributed by atoms with Crippen LogP contribution in [0.2, 0.25) is 0 Å². The van der Waals surface area contributed by atoms with Gasteiger partial charge in [0, 0.05) is 83.6 Å². The molecule has 0 bridgehead atoms. The molecule has 0 unspecified atom stereocenters. The molecule has 4 heavy (non-hydrogen) atoms. The normalized spacial score (nSPS) is 0. The van der Waals surface area contributed by atoms with E-state index in [-0.39, 0.29) is 83.6 Å². The molecule has 0 spiro atoms. The van der Waals surface area contributed by atoms with Gasteiger partial charge in [0.05, 0.1) is 0 Å². The predicted octanol–water partition coefficient (Wildman–Crippen LogP) is -0.0100. The molecule has 0 heterocycles. The third-order valence-electron chi connectivity index (χ3n) is 0. The van der Waals surface area contributed by atoms with Crippen LogP contribution in [0, 0.1) is 0 Å². The van der Waals surface area contributed by atoms with Crippen LogP contribution in [-0.2, 0) is 83.6 Å². The standard InChI is InChI=1S/3Au.Ni. The summed E-state index contributed by atoms with van der Waals surface area (Å²) in [6, 6.07) is 0. The minimum Gasteiger partial charge on any atom is 0 e. The molecule has 43 valence electrons. The first-order valence-electron chi connectivity index (χ1n) is 0. The van der Waals surface area contributed by atoms with Crippen molar-refractivity contribution in [1.29, 1.82) is 0 Å². The monoisotopic (exact) mass is 649 g/mol. The molecular formula is Au3Ni. The predicted molar refractivity (Wildman–Crippen MR) is 0 cm³/mol. The van der Waals surface area contributed by atoms with E-state index in [0.717, 1.165) is 0 Å². The molecule has 3 radical (unpaired) electrons. The molecule has 0 amide bonds. The maximum Gasteiger partial charge on any atom is 0 e. The maximum absolute atomic E-state index is 0. The summed E-state index contributed by atoms with van der Waals surface area (Å²) in [5.74, 6) is 0. The molecule has 0 saturated carbocycles. The fourth-order valence-electron chi connectivity index (χ4n) is 0. The Morgan fingerprint density at radius 1 is 0.500 bits per heavy atom. The van der Waals surface area contributed by atoms with E-state index in [1.54, 1.807) is 0 Å². The van der Waals surface area contributed by atoms with Gasteiger partial charge in [0.15, 0.2) is 0 Å². The summed E-state index contributed by atoms with van der Waals surface area (Å²) in [5.41, 5.74) is 0. The zero-order valence-corrected chi connectivity index (χ0v) is 8.71. The Bertz CT molecular complexity index is 3.25. The van der Waals surface area contributed by atoms with E-state index < -0.39 is 0 Å². The molecule has 4 heteroatoms. The molecule has 0 aromatic rings. The Kier molecular flexibility index (Phi) is 128. The Balaban J connectivity index is 0. The Hall–Kier alpha value is 2.71. The minimum absolute atomic E-state index is 0. The molecule has 0 nitrogen and oxygen atoms in total. The van der Waals surface area contributed by atoms with Gasteiger partial charge in [-0.15, -0.1) is 0 Å². The third kappa shape index (κ3) is 8.83. The molecule has 0 rings (SSSR count). The molecule has 0 aliphatic heterocycles. The Morgan fingerprint density at radius 2 is 0.500 bits per heavy atom. The van der Waals surface area contributed by atoms with Crippen molar-refractivity contribution < 1.29 is 83.6 Å². The number of hydrogen-bond acceptors (Lipinski definition) is 0. The molecule has 0 saturated heterocycles. The third-order valence-corrected chi connectivity index (χ3v) is 0. The average Bonchev–Trinajstić information content (AvgIpc) is 0. The van der Waals surface area contributed by atoms with E-state index in [4.69, 9.17) is 0 Å². The number of rotatable bonds is 0. The van der Waals surface area contributed by atoms with Crippen LogP contribution in [0.5, 0.6) is 0 Å². The first-order chi connectivity index (χ1) is 0. The van der Waals surface area contributed by atoms with Crippen molar-refractivity contribution in [2.75, 3.05) is 0 Å². The maximum atomic E-state index is 0. The van der Waals surface area contributed by atoms with Crippen molar-refractivity contribution >= 4 is 0 Å². The molecule has 0 atom stereocenters. The average molecular weight is 650 g/mol. The Labute approximate surface area is 82.3 Å². The van der Waals surface area contributed by atoms with Gasteiger partial charge >= 0.3 is 0 Å². The van der Waals surface area contributed by atoms with Crippen molar-refractivity contribution in [2.45, 2.75) is 0 Å². The molecule has 0 aromatic carbocycles. The van der Waals surface area contributed by atoms with E-state index in [2.05, 4.69) is 0 Å². The van der Waals surface area contributed by atoms with Gasteiger partial charge in [-0.25, -0.2) is 0 Å². The molecular weight excluding hydrogens is 650 g/mol. The first kappa shape index (κ1) is 29.8. The van der Waals surface area contributed by atoms with Crippen LogP contribution in [0.4, 0.5) is 0 Å². The first-order valence-corrected chi connectivity index (χ1v) is 0. The summed E-state index contributed by atoms with van der Waals surface area (Å²) in [6.07, 6.45) is 0. The van der Waals surface area contributed by atoms with Crippen LogP contribution in [0.15, 0.2) is 0 Å². The second-order valence-electron chi connectivity index (χ2n) is 0.